The van der Waals surface area contributed by atoms with Crippen molar-refractivity contribution >= 4 is 11.6 Å². The Balaban J connectivity index is 2.04. The number of aliphatic hydroxyl groups excluding tert-OH is 1. The largest absolute Gasteiger partial charge is 0.372 e. The molecular formula is C14H16N2O2. The van der Waals surface area contributed by atoms with Gasteiger partial charge in [-0.3, -0.25) is 4.79 Å². The normalized spacial score (nSPS) is 28.7. The lowest BCUT2D eigenvalue weighted by Crippen LogP contribution is -2.43. The summed E-state index contributed by atoms with van der Waals surface area (Å²) in [5.41, 5.74) is 2.55. The SMILES string of the molecule is C/C=C1\C[C@H]2[C@@H](O)Nc3ccccc3C(=O)N2C1. The van der Waals surface area contributed by atoms with Crippen LogP contribution in [-0.4, -0.2) is 34.7 Å². The molecule has 2 aliphatic rings. The van der Waals surface area contributed by atoms with E-state index in [9.17, 15) is 9.90 Å². The van der Waals surface area contributed by atoms with Crippen LogP contribution in [0.1, 0.15) is 23.7 Å². The zero-order chi connectivity index (χ0) is 12.7. The van der Waals surface area contributed by atoms with Gasteiger partial charge in [-0.05, 0) is 25.5 Å². The molecule has 0 radical (unpaired) electrons. The lowest BCUT2D eigenvalue weighted by Gasteiger charge is -2.24. The predicted octanol–water partition coefficient (Wildman–Crippen LogP) is 1.59. The molecule has 0 bridgehead atoms. The second-order valence-corrected chi connectivity index (χ2v) is 4.79. The molecule has 1 amide bonds. The Hall–Kier alpha value is -1.81. The number of para-hydroxylation sites is 1. The van der Waals surface area contributed by atoms with Gasteiger partial charge in [-0.25, -0.2) is 0 Å². The van der Waals surface area contributed by atoms with E-state index in [4.69, 9.17) is 0 Å². The maximum Gasteiger partial charge on any atom is 0.256 e. The molecule has 2 heterocycles. The number of nitrogens with one attached hydrogen (secondary N) is 1. The van der Waals surface area contributed by atoms with Crippen molar-refractivity contribution in [3.05, 3.63) is 41.5 Å². The summed E-state index contributed by atoms with van der Waals surface area (Å²) < 4.78 is 0. The average Bonchev–Trinajstić information content (AvgIpc) is 2.79. The zero-order valence-electron chi connectivity index (χ0n) is 10.3. The number of aliphatic hydroxyl groups is 1. The molecule has 18 heavy (non-hydrogen) atoms. The number of carbonyl (C=O) groups is 1. The Morgan fingerprint density at radius 3 is 3.00 bits per heavy atom. The van der Waals surface area contributed by atoms with Gasteiger partial charge in [0.05, 0.1) is 11.6 Å². The third-order valence-corrected chi connectivity index (χ3v) is 3.74. The van der Waals surface area contributed by atoms with Crippen LogP contribution in [0.15, 0.2) is 35.9 Å². The van der Waals surface area contributed by atoms with Gasteiger partial charge < -0.3 is 15.3 Å². The van der Waals surface area contributed by atoms with Crippen molar-refractivity contribution in [3.8, 4) is 0 Å². The van der Waals surface area contributed by atoms with Gasteiger partial charge in [0, 0.05) is 12.2 Å². The summed E-state index contributed by atoms with van der Waals surface area (Å²) in [4.78, 5) is 14.2. The number of amides is 1. The lowest BCUT2D eigenvalue weighted by atomic mass is 10.1. The van der Waals surface area contributed by atoms with Crippen LogP contribution < -0.4 is 5.32 Å². The Morgan fingerprint density at radius 1 is 1.44 bits per heavy atom. The molecule has 4 heteroatoms. The highest BCUT2D eigenvalue weighted by Gasteiger charge is 2.39. The second kappa shape index (κ2) is 4.14. The first-order valence-electron chi connectivity index (χ1n) is 6.19. The number of hydrogen-bond donors (Lipinski definition) is 2. The molecule has 1 fully saturated rings. The summed E-state index contributed by atoms with van der Waals surface area (Å²) in [7, 11) is 0. The van der Waals surface area contributed by atoms with Crippen molar-refractivity contribution in [2.45, 2.75) is 25.6 Å². The van der Waals surface area contributed by atoms with E-state index >= 15 is 0 Å². The number of anilines is 1. The number of allylic oxidation sites excluding steroid dienone is 1. The molecule has 0 aliphatic carbocycles. The number of rotatable bonds is 0. The molecular weight excluding hydrogens is 228 g/mol. The van der Waals surface area contributed by atoms with E-state index < -0.39 is 6.23 Å². The Labute approximate surface area is 106 Å². The minimum Gasteiger partial charge on any atom is -0.372 e. The molecule has 4 nitrogen and oxygen atoms in total. The van der Waals surface area contributed by atoms with E-state index in [1.165, 1.54) is 5.57 Å². The summed E-state index contributed by atoms with van der Waals surface area (Å²) in [5, 5.41) is 13.2. The highest BCUT2D eigenvalue weighted by Crippen LogP contribution is 2.32. The van der Waals surface area contributed by atoms with E-state index in [0.29, 0.717) is 17.8 Å². The summed E-state index contributed by atoms with van der Waals surface area (Å²) in [6, 6.07) is 7.16. The molecule has 0 saturated carbocycles. The maximum atomic E-state index is 12.5. The molecule has 1 aromatic rings. The molecule has 0 unspecified atom stereocenters. The second-order valence-electron chi connectivity index (χ2n) is 4.79. The molecule has 3 rings (SSSR count). The van der Waals surface area contributed by atoms with Crippen LogP contribution in [0.5, 0.6) is 0 Å². The smallest absolute Gasteiger partial charge is 0.256 e. The third-order valence-electron chi connectivity index (χ3n) is 3.74. The fourth-order valence-electron chi connectivity index (χ4n) is 2.70. The van der Waals surface area contributed by atoms with Crippen molar-refractivity contribution in [2.75, 3.05) is 11.9 Å². The van der Waals surface area contributed by atoms with Crippen molar-refractivity contribution in [3.63, 3.8) is 0 Å². The monoisotopic (exact) mass is 244 g/mol. The number of carbonyl (C=O) groups excluding carboxylic acids is 1. The van der Waals surface area contributed by atoms with Gasteiger partial charge in [-0.2, -0.15) is 0 Å². The standard InChI is InChI=1S/C14H16N2O2/c1-2-9-7-12-13(17)15-11-6-4-3-5-10(11)14(18)16(12)8-9/h2-6,12-13,15,17H,7-8H2,1H3/b9-2+/t12-,13+/m0/s1. The lowest BCUT2D eigenvalue weighted by molar-refractivity contribution is 0.0582. The zero-order valence-corrected chi connectivity index (χ0v) is 10.3. The van der Waals surface area contributed by atoms with Crippen molar-refractivity contribution in [2.24, 2.45) is 0 Å². The van der Waals surface area contributed by atoms with E-state index in [0.717, 1.165) is 6.42 Å². The first kappa shape index (κ1) is 11.3. The maximum absolute atomic E-state index is 12.5. The topological polar surface area (TPSA) is 52.6 Å². The highest BCUT2D eigenvalue weighted by molar-refractivity contribution is 6.01. The Kier molecular flexibility index (Phi) is 2.59. The highest BCUT2D eigenvalue weighted by atomic mass is 16.3. The van der Waals surface area contributed by atoms with Crippen LogP contribution in [0.25, 0.3) is 0 Å². The van der Waals surface area contributed by atoms with Gasteiger partial charge >= 0.3 is 0 Å². The number of benzene rings is 1. The molecule has 94 valence electrons. The van der Waals surface area contributed by atoms with E-state index in [1.54, 1.807) is 11.0 Å². The van der Waals surface area contributed by atoms with Crippen LogP contribution in [0.4, 0.5) is 5.69 Å². The van der Waals surface area contributed by atoms with Gasteiger partial charge in [-0.15, -0.1) is 0 Å². The van der Waals surface area contributed by atoms with E-state index in [-0.39, 0.29) is 11.9 Å². The first-order chi connectivity index (χ1) is 8.70. The molecule has 0 aromatic heterocycles. The van der Waals surface area contributed by atoms with Gasteiger partial charge in [0.2, 0.25) is 0 Å². The predicted molar refractivity (Wildman–Crippen MR) is 69.3 cm³/mol. The molecule has 2 aliphatic heterocycles. The fourth-order valence-corrected chi connectivity index (χ4v) is 2.70. The minimum absolute atomic E-state index is 0.00324. The van der Waals surface area contributed by atoms with E-state index in [1.807, 2.05) is 31.2 Å². The minimum atomic E-state index is -0.713. The number of nitrogens with zero attached hydrogens (tertiary/aromatic N) is 1. The van der Waals surface area contributed by atoms with E-state index in [2.05, 4.69) is 5.32 Å². The average molecular weight is 244 g/mol. The molecule has 0 spiro atoms. The molecule has 2 atom stereocenters. The van der Waals surface area contributed by atoms with Gasteiger partial charge in [-0.1, -0.05) is 23.8 Å². The number of fused-ring (bicyclic) bond motifs is 2. The Bertz CT molecular complexity index is 524. The van der Waals surface area contributed by atoms with Gasteiger partial charge in [0.25, 0.3) is 5.91 Å². The van der Waals surface area contributed by atoms with Gasteiger partial charge in [0.1, 0.15) is 6.23 Å². The summed E-state index contributed by atoms with van der Waals surface area (Å²) in [6.07, 6.45) is 2.06. The van der Waals surface area contributed by atoms with Crippen LogP contribution in [0.3, 0.4) is 0 Å². The molecule has 1 aromatic carbocycles. The van der Waals surface area contributed by atoms with Crippen LogP contribution in [0, 0.1) is 0 Å². The van der Waals surface area contributed by atoms with Crippen LogP contribution in [-0.2, 0) is 0 Å². The third kappa shape index (κ3) is 1.61. The van der Waals surface area contributed by atoms with Crippen molar-refractivity contribution in [1.29, 1.82) is 0 Å². The number of hydrogen-bond acceptors (Lipinski definition) is 3. The molecule has 1 saturated heterocycles. The Morgan fingerprint density at radius 2 is 2.22 bits per heavy atom. The first-order valence-corrected chi connectivity index (χ1v) is 6.19. The summed E-state index contributed by atoms with van der Waals surface area (Å²) in [5.74, 6) is -0.00324. The quantitative estimate of drug-likeness (QED) is 0.681. The molecule has 2 N–H and O–H groups in total. The van der Waals surface area contributed by atoms with Crippen LogP contribution >= 0.6 is 0 Å². The summed E-state index contributed by atoms with van der Waals surface area (Å²) >= 11 is 0. The fraction of sp³-hybridized carbons (Fsp3) is 0.357. The van der Waals surface area contributed by atoms with Crippen molar-refractivity contribution < 1.29 is 9.90 Å². The summed E-state index contributed by atoms with van der Waals surface area (Å²) in [6.45, 7) is 2.59. The van der Waals surface area contributed by atoms with Crippen LogP contribution in [0.2, 0.25) is 0 Å². The van der Waals surface area contributed by atoms with Gasteiger partial charge in [0.15, 0.2) is 0 Å². The van der Waals surface area contributed by atoms with Crippen molar-refractivity contribution in [1.82, 2.24) is 4.90 Å².